The number of hydrogen-bond donors (Lipinski definition) is 2. The minimum absolute atomic E-state index is 0.0432. The molecule has 7 nitrogen and oxygen atoms in total. The summed E-state index contributed by atoms with van der Waals surface area (Å²) in [6.07, 6.45) is 3.40. The SMILES string of the molecule is COc1ccc2nc(-c3cccnc3)nc(Nc3cc(-c4ccc(F)c(Cl)c4)[nH]n3)c2c1. The number of aromatic nitrogens is 5. The first-order chi connectivity index (χ1) is 15.6. The van der Waals surface area contributed by atoms with Gasteiger partial charge in [0.25, 0.3) is 0 Å². The molecule has 0 fully saturated rings. The Morgan fingerprint density at radius 1 is 1.03 bits per heavy atom. The molecule has 0 spiro atoms. The van der Waals surface area contributed by atoms with Gasteiger partial charge in [-0.15, -0.1) is 0 Å². The van der Waals surface area contributed by atoms with E-state index < -0.39 is 5.82 Å². The van der Waals surface area contributed by atoms with Crippen LogP contribution in [0.5, 0.6) is 5.75 Å². The lowest BCUT2D eigenvalue weighted by Crippen LogP contribution is -2.00. The van der Waals surface area contributed by atoms with Crippen LogP contribution in [0, 0.1) is 5.82 Å². The van der Waals surface area contributed by atoms with E-state index in [1.165, 1.54) is 6.07 Å². The number of anilines is 2. The van der Waals surface area contributed by atoms with Crippen LogP contribution in [-0.2, 0) is 0 Å². The molecule has 0 aliphatic rings. The number of rotatable bonds is 5. The molecule has 0 unspecified atom stereocenters. The molecular weight excluding hydrogens is 431 g/mol. The third kappa shape index (κ3) is 3.83. The van der Waals surface area contributed by atoms with Crippen molar-refractivity contribution in [2.75, 3.05) is 12.4 Å². The van der Waals surface area contributed by atoms with Crippen LogP contribution in [0.1, 0.15) is 0 Å². The fourth-order valence-electron chi connectivity index (χ4n) is 3.27. The Balaban J connectivity index is 1.57. The van der Waals surface area contributed by atoms with E-state index in [9.17, 15) is 4.39 Å². The van der Waals surface area contributed by atoms with E-state index in [1.54, 1.807) is 37.7 Å². The van der Waals surface area contributed by atoms with Crippen molar-refractivity contribution in [2.24, 2.45) is 0 Å². The second-order valence-corrected chi connectivity index (χ2v) is 7.35. The van der Waals surface area contributed by atoms with Gasteiger partial charge in [0, 0.05) is 35.0 Å². The zero-order valence-electron chi connectivity index (χ0n) is 16.8. The molecule has 32 heavy (non-hydrogen) atoms. The Morgan fingerprint density at radius 3 is 2.72 bits per heavy atom. The lowest BCUT2D eigenvalue weighted by molar-refractivity contribution is 0.415. The highest BCUT2D eigenvalue weighted by atomic mass is 35.5. The summed E-state index contributed by atoms with van der Waals surface area (Å²) >= 11 is 5.91. The molecule has 0 bridgehead atoms. The topological polar surface area (TPSA) is 88.6 Å². The maximum atomic E-state index is 13.5. The molecule has 158 valence electrons. The first-order valence-corrected chi connectivity index (χ1v) is 10.0. The second kappa shape index (κ2) is 8.24. The van der Waals surface area contributed by atoms with Crippen LogP contribution >= 0.6 is 11.6 Å². The lowest BCUT2D eigenvalue weighted by Gasteiger charge is -2.10. The molecule has 0 aliphatic carbocycles. The monoisotopic (exact) mass is 446 g/mol. The van der Waals surface area contributed by atoms with Gasteiger partial charge in [0.2, 0.25) is 0 Å². The van der Waals surface area contributed by atoms with Crippen LogP contribution < -0.4 is 10.1 Å². The third-order valence-electron chi connectivity index (χ3n) is 4.88. The van der Waals surface area contributed by atoms with Crippen molar-refractivity contribution in [3.8, 4) is 28.4 Å². The maximum absolute atomic E-state index is 13.5. The predicted octanol–water partition coefficient (Wildman–Crippen LogP) is 5.63. The minimum Gasteiger partial charge on any atom is -0.497 e. The normalized spacial score (nSPS) is 11.0. The summed E-state index contributed by atoms with van der Waals surface area (Å²) in [7, 11) is 1.60. The zero-order chi connectivity index (χ0) is 22.1. The van der Waals surface area contributed by atoms with Crippen LogP contribution in [0.2, 0.25) is 5.02 Å². The van der Waals surface area contributed by atoms with E-state index in [0.29, 0.717) is 34.5 Å². The number of nitrogens with one attached hydrogen (secondary N) is 2. The number of halogens is 2. The van der Waals surface area contributed by atoms with Gasteiger partial charge >= 0.3 is 0 Å². The summed E-state index contributed by atoms with van der Waals surface area (Å²) in [6.45, 7) is 0. The summed E-state index contributed by atoms with van der Waals surface area (Å²) in [5.41, 5.74) is 2.92. The van der Waals surface area contributed by atoms with Gasteiger partial charge in [-0.3, -0.25) is 10.1 Å². The van der Waals surface area contributed by atoms with Crippen molar-refractivity contribution in [3.63, 3.8) is 0 Å². The average Bonchev–Trinajstić information content (AvgIpc) is 3.29. The molecular formula is C23H16ClFN6O. The standard InChI is InChI=1S/C23H16ClFN6O/c1-32-15-5-7-19-16(10-15)23(29-22(27-19)14-3-2-8-26-12-14)28-21-11-20(30-31-21)13-4-6-18(25)17(24)9-13/h2-12H,1H3,(H2,27,28,29,30,31). The number of H-pyrrole nitrogens is 1. The number of benzene rings is 2. The van der Waals surface area contributed by atoms with Crippen LogP contribution in [0.4, 0.5) is 16.0 Å². The van der Waals surface area contributed by atoms with Crippen molar-refractivity contribution < 1.29 is 9.13 Å². The molecule has 3 aromatic heterocycles. The Hall–Kier alpha value is -4.04. The van der Waals surface area contributed by atoms with Crippen molar-refractivity contribution >= 4 is 34.1 Å². The molecule has 0 amide bonds. The number of aromatic amines is 1. The molecule has 9 heteroatoms. The lowest BCUT2D eigenvalue weighted by atomic mass is 10.1. The first-order valence-electron chi connectivity index (χ1n) is 9.65. The van der Waals surface area contributed by atoms with E-state index in [2.05, 4.69) is 25.5 Å². The molecule has 0 radical (unpaired) electrons. The van der Waals surface area contributed by atoms with Crippen molar-refractivity contribution in [2.45, 2.75) is 0 Å². The zero-order valence-corrected chi connectivity index (χ0v) is 17.6. The third-order valence-corrected chi connectivity index (χ3v) is 5.17. The number of fused-ring (bicyclic) bond motifs is 1. The minimum atomic E-state index is -0.474. The number of nitrogens with zero attached hydrogens (tertiary/aromatic N) is 4. The van der Waals surface area contributed by atoms with Gasteiger partial charge in [-0.1, -0.05) is 11.6 Å². The number of pyridine rings is 1. The predicted molar refractivity (Wildman–Crippen MR) is 122 cm³/mol. The van der Waals surface area contributed by atoms with Crippen LogP contribution in [0.15, 0.2) is 67.0 Å². The van der Waals surface area contributed by atoms with E-state index in [-0.39, 0.29) is 5.02 Å². The Labute approximate surface area is 187 Å². The summed E-state index contributed by atoms with van der Waals surface area (Å²) in [5, 5.41) is 11.3. The highest BCUT2D eigenvalue weighted by molar-refractivity contribution is 6.31. The fraction of sp³-hybridized carbons (Fsp3) is 0.0435. The number of hydrogen-bond acceptors (Lipinski definition) is 6. The molecule has 0 atom stereocenters. The molecule has 0 saturated carbocycles. The largest absolute Gasteiger partial charge is 0.497 e. The maximum Gasteiger partial charge on any atom is 0.163 e. The molecule has 0 aliphatic heterocycles. The Morgan fingerprint density at radius 2 is 1.94 bits per heavy atom. The smallest absolute Gasteiger partial charge is 0.163 e. The second-order valence-electron chi connectivity index (χ2n) is 6.94. The first kappa shape index (κ1) is 19.9. The summed E-state index contributed by atoms with van der Waals surface area (Å²) in [6, 6.07) is 15.6. The van der Waals surface area contributed by atoms with E-state index in [1.807, 2.05) is 30.3 Å². The summed E-state index contributed by atoms with van der Waals surface area (Å²) in [5.74, 6) is 1.82. The molecule has 2 aromatic carbocycles. The number of methoxy groups -OCH3 is 1. The van der Waals surface area contributed by atoms with Crippen LogP contribution in [-0.4, -0.2) is 32.3 Å². The summed E-state index contributed by atoms with van der Waals surface area (Å²) < 4.78 is 18.9. The highest BCUT2D eigenvalue weighted by Crippen LogP contribution is 2.31. The van der Waals surface area contributed by atoms with Gasteiger partial charge in [0.05, 0.1) is 23.3 Å². The van der Waals surface area contributed by atoms with Gasteiger partial charge in [-0.05, 0) is 48.5 Å². The van der Waals surface area contributed by atoms with Crippen LogP contribution in [0.25, 0.3) is 33.5 Å². The fourth-order valence-corrected chi connectivity index (χ4v) is 3.45. The van der Waals surface area contributed by atoms with Crippen molar-refractivity contribution in [1.82, 2.24) is 25.1 Å². The Bertz CT molecular complexity index is 1420. The van der Waals surface area contributed by atoms with Gasteiger partial charge in [0.1, 0.15) is 17.4 Å². The molecule has 5 aromatic rings. The quantitative estimate of drug-likeness (QED) is 0.364. The van der Waals surface area contributed by atoms with Gasteiger partial charge in [-0.2, -0.15) is 5.10 Å². The average molecular weight is 447 g/mol. The summed E-state index contributed by atoms with van der Waals surface area (Å²) in [4.78, 5) is 13.5. The van der Waals surface area contributed by atoms with Gasteiger partial charge in [-0.25, -0.2) is 14.4 Å². The van der Waals surface area contributed by atoms with Gasteiger partial charge < -0.3 is 10.1 Å². The van der Waals surface area contributed by atoms with E-state index in [0.717, 1.165) is 16.5 Å². The Kier molecular flexibility index (Phi) is 5.12. The van der Waals surface area contributed by atoms with E-state index in [4.69, 9.17) is 21.3 Å². The highest BCUT2D eigenvalue weighted by Gasteiger charge is 2.13. The van der Waals surface area contributed by atoms with Crippen molar-refractivity contribution in [1.29, 1.82) is 0 Å². The number of ether oxygens (including phenoxy) is 1. The van der Waals surface area contributed by atoms with Crippen LogP contribution in [0.3, 0.4) is 0 Å². The molecule has 0 saturated heterocycles. The van der Waals surface area contributed by atoms with Crippen molar-refractivity contribution in [3.05, 3.63) is 77.8 Å². The van der Waals surface area contributed by atoms with Gasteiger partial charge in [0.15, 0.2) is 11.6 Å². The molecule has 3 heterocycles. The molecule has 2 N–H and O–H groups in total. The molecule has 5 rings (SSSR count). The van der Waals surface area contributed by atoms with E-state index >= 15 is 0 Å².